The number of hydrogen-bond acceptors (Lipinski definition) is 4. The summed E-state index contributed by atoms with van der Waals surface area (Å²) in [5.74, 6) is 0. The van der Waals surface area contributed by atoms with E-state index in [1.807, 2.05) is 25.1 Å². The molecule has 6 nitrogen and oxygen atoms in total. The Morgan fingerprint density at radius 3 is 1.64 bits per heavy atom. The van der Waals surface area contributed by atoms with Crippen molar-refractivity contribution in [3.8, 4) is 0 Å². The van der Waals surface area contributed by atoms with Crippen molar-refractivity contribution in [2.45, 2.75) is 6.92 Å². The van der Waals surface area contributed by atoms with Crippen molar-refractivity contribution in [2.24, 2.45) is 0 Å². The van der Waals surface area contributed by atoms with Crippen molar-refractivity contribution in [2.75, 3.05) is 11.5 Å². The van der Waals surface area contributed by atoms with E-state index in [0.717, 1.165) is 16.9 Å². The van der Waals surface area contributed by atoms with Gasteiger partial charge < -0.3 is 11.5 Å². The zero-order chi connectivity index (χ0) is 11.4. The van der Waals surface area contributed by atoms with Crippen molar-refractivity contribution in [1.29, 1.82) is 0 Å². The largest absolute Gasteiger partial charge is 0.398 e. The molecule has 0 heterocycles. The molecule has 0 unspecified atom stereocenters. The van der Waals surface area contributed by atoms with Crippen molar-refractivity contribution < 1.29 is 17.5 Å². The molecule has 1 aromatic rings. The van der Waals surface area contributed by atoms with Gasteiger partial charge in [0.15, 0.2) is 0 Å². The van der Waals surface area contributed by atoms with Gasteiger partial charge in [-0.3, -0.25) is 9.11 Å². The Labute approximate surface area is 82.1 Å². The van der Waals surface area contributed by atoms with Crippen LogP contribution in [0.1, 0.15) is 5.56 Å². The van der Waals surface area contributed by atoms with Crippen molar-refractivity contribution >= 4 is 21.8 Å². The average Bonchev–Trinajstić information content (AvgIpc) is 1.97. The topological polar surface area (TPSA) is 127 Å². The number of nitrogen functional groups attached to an aromatic ring is 2. The normalized spacial score (nSPS) is 10.2. The lowest BCUT2D eigenvalue weighted by Gasteiger charge is -2.00. The van der Waals surface area contributed by atoms with E-state index >= 15 is 0 Å². The molecule has 0 atom stereocenters. The first-order valence-electron chi connectivity index (χ1n) is 3.52. The lowest BCUT2D eigenvalue weighted by atomic mass is 10.2. The highest BCUT2D eigenvalue weighted by molar-refractivity contribution is 7.79. The predicted octanol–water partition coefficient (Wildman–Crippen LogP) is 0.507. The first-order chi connectivity index (χ1) is 6.22. The number of anilines is 2. The van der Waals surface area contributed by atoms with E-state index in [1.165, 1.54) is 0 Å². The number of hydrogen-bond donors (Lipinski definition) is 4. The molecule has 80 valence electrons. The van der Waals surface area contributed by atoms with Gasteiger partial charge in [0.05, 0.1) is 0 Å². The van der Waals surface area contributed by atoms with E-state index < -0.39 is 10.4 Å². The fourth-order valence-corrected chi connectivity index (χ4v) is 0.672. The molecule has 0 bridgehead atoms. The molecule has 0 fully saturated rings. The quantitative estimate of drug-likeness (QED) is 0.372. The highest BCUT2D eigenvalue weighted by Crippen LogP contribution is 2.16. The molecule has 0 aliphatic heterocycles. The Morgan fingerprint density at radius 1 is 1.14 bits per heavy atom. The van der Waals surface area contributed by atoms with Crippen LogP contribution >= 0.6 is 0 Å². The van der Waals surface area contributed by atoms with Crippen LogP contribution in [0, 0.1) is 6.92 Å². The SMILES string of the molecule is Cc1c(N)cccc1N.O=S(=O)(O)O. The van der Waals surface area contributed by atoms with E-state index in [0.29, 0.717) is 0 Å². The smallest absolute Gasteiger partial charge is 0.394 e. The van der Waals surface area contributed by atoms with E-state index in [1.54, 1.807) is 0 Å². The fraction of sp³-hybridized carbons (Fsp3) is 0.143. The Kier molecular flexibility index (Phi) is 4.35. The van der Waals surface area contributed by atoms with Crippen LogP contribution < -0.4 is 11.5 Å². The van der Waals surface area contributed by atoms with E-state index in [9.17, 15) is 0 Å². The van der Waals surface area contributed by atoms with Crippen LogP contribution in [-0.4, -0.2) is 17.5 Å². The second kappa shape index (κ2) is 4.80. The van der Waals surface area contributed by atoms with E-state index in [2.05, 4.69) is 0 Å². The van der Waals surface area contributed by atoms with Gasteiger partial charge in [-0.2, -0.15) is 8.42 Å². The van der Waals surface area contributed by atoms with Crippen LogP contribution in [-0.2, 0) is 10.4 Å². The maximum Gasteiger partial charge on any atom is 0.394 e. The summed E-state index contributed by atoms with van der Waals surface area (Å²) in [6, 6.07) is 5.52. The van der Waals surface area contributed by atoms with E-state index in [4.69, 9.17) is 29.0 Å². The molecule has 0 aliphatic carbocycles. The van der Waals surface area contributed by atoms with Crippen LogP contribution in [0.3, 0.4) is 0 Å². The van der Waals surface area contributed by atoms with Crippen LogP contribution in [0.25, 0.3) is 0 Å². The average molecular weight is 220 g/mol. The lowest BCUT2D eigenvalue weighted by molar-refractivity contribution is 0.381. The van der Waals surface area contributed by atoms with Crippen LogP contribution in [0.4, 0.5) is 11.4 Å². The van der Waals surface area contributed by atoms with Crippen molar-refractivity contribution in [1.82, 2.24) is 0 Å². The number of benzene rings is 1. The fourth-order valence-electron chi connectivity index (χ4n) is 0.672. The predicted molar refractivity (Wildman–Crippen MR) is 54.2 cm³/mol. The molecule has 1 aromatic carbocycles. The van der Waals surface area contributed by atoms with Gasteiger partial charge in [0.2, 0.25) is 0 Å². The monoisotopic (exact) mass is 220 g/mol. The minimum Gasteiger partial charge on any atom is -0.398 e. The Bertz CT molecular complexity index is 374. The van der Waals surface area contributed by atoms with Gasteiger partial charge in [-0.1, -0.05) is 6.07 Å². The minimum atomic E-state index is -4.67. The number of nitrogens with two attached hydrogens (primary N) is 2. The molecule has 6 N–H and O–H groups in total. The summed E-state index contributed by atoms with van der Waals surface area (Å²) in [6.45, 7) is 1.91. The second-order valence-electron chi connectivity index (χ2n) is 2.51. The maximum atomic E-state index is 8.74. The molecule has 0 saturated carbocycles. The van der Waals surface area contributed by atoms with Gasteiger partial charge in [0, 0.05) is 11.4 Å². The molecule has 0 aliphatic rings. The van der Waals surface area contributed by atoms with Gasteiger partial charge in [0.1, 0.15) is 0 Å². The first-order valence-corrected chi connectivity index (χ1v) is 4.92. The maximum absolute atomic E-state index is 8.74. The molecular weight excluding hydrogens is 208 g/mol. The van der Waals surface area contributed by atoms with Crippen molar-refractivity contribution in [3.63, 3.8) is 0 Å². The summed E-state index contributed by atoms with van der Waals surface area (Å²) in [6.07, 6.45) is 0. The summed E-state index contributed by atoms with van der Waals surface area (Å²) in [5.41, 5.74) is 13.6. The third-order valence-corrected chi connectivity index (χ3v) is 1.42. The third kappa shape index (κ3) is 6.23. The van der Waals surface area contributed by atoms with Gasteiger partial charge in [-0.15, -0.1) is 0 Å². The molecule has 14 heavy (non-hydrogen) atoms. The summed E-state index contributed by atoms with van der Waals surface area (Å²) in [4.78, 5) is 0. The Hall–Kier alpha value is -1.31. The summed E-state index contributed by atoms with van der Waals surface area (Å²) in [7, 11) is -4.67. The van der Waals surface area contributed by atoms with Crippen molar-refractivity contribution in [3.05, 3.63) is 23.8 Å². The lowest BCUT2D eigenvalue weighted by Crippen LogP contribution is -1.94. The van der Waals surface area contributed by atoms with Crippen LogP contribution in [0.15, 0.2) is 18.2 Å². The zero-order valence-electron chi connectivity index (χ0n) is 7.51. The van der Waals surface area contributed by atoms with Crippen LogP contribution in [0.2, 0.25) is 0 Å². The third-order valence-electron chi connectivity index (χ3n) is 1.42. The molecule has 0 aromatic heterocycles. The van der Waals surface area contributed by atoms with Gasteiger partial charge in [0.25, 0.3) is 0 Å². The van der Waals surface area contributed by atoms with Gasteiger partial charge >= 0.3 is 10.4 Å². The summed E-state index contributed by atoms with van der Waals surface area (Å²) in [5, 5.41) is 0. The Morgan fingerprint density at radius 2 is 1.43 bits per heavy atom. The van der Waals surface area contributed by atoms with Gasteiger partial charge in [-0.05, 0) is 24.6 Å². The molecule has 7 heteroatoms. The zero-order valence-corrected chi connectivity index (χ0v) is 8.32. The standard InChI is InChI=1S/C7H10N2.H2O4S/c1-5-6(8)3-2-4-7(5)9;1-5(2,3)4/h2-4H,8-9H2,1H3;(H2,1,2,3,4). The first kappa shape index (κ1) is 12.7. The summed E-state index contributed by atoms with van der Waals surface area (Å²) < 4.78 is 31.6. The summed E-state index contributed by atoms with van der Waals surface area (Å²) >= 11 is 0. The van der Waals surface area contributed by atoms with Crippen LogP contribution in [0.5, 0.6) is 0 Å². The molecule has 0 amide bonds. The molecular formula is C7H12N2O4S. The second-order valence-corrected chi connectivity index (χ2v) is 3.40. The minimum absolute atomic E-state index is 0.759. The number of rotatable bonds is 0. The highest BCUT2D eigenvalue weighted by atomic mass is 32.3. The molecule has 1 rings (SSSR count). The van der Waals surface area contributed by atoms with E-state index in [-0.39, 0.29) is 0 Å². The Balaban J connectivity index is 0.000000292. The molecule has 0 radical (unpaired) electrons. The highest BCUT2D eigenvalue weighted by Gasteiger charge is 1.93. The molecule has 0 spiro atoms. The van der Waals surface area contributed by atoms with Gasteiger partial charge in [-0.25, -0.2) is 0 Å². The molecule has 0 saturated heterocycles.